The highest BCUT2D eigenvalue weighted by atomic mass is 32.2. The zero-order valence-electron chi connectivity index (χ0n) is 13.4. The van der Waals surface area contributed by atoms with Crippen LogP contribution in [0, 0.1) is 18.8 Å². The van der Waals surface area contributed by atoms with Gasteiger partial charge in [0, 0.05) is 21.8 Å². The largest absolute Gasteiger partial charge is 0.330 e. The summed E-state index contributed by atoms with van der Waals surface area (Å²) in [4.78, 5) is 0. The Morgan fingerprint density at radius 2 is 2.05 bits per heavy atom. The lowest BCUT2D eigenvalue weighted by molar-refractivity contribution is 0.272. The average molecular weight is 308 g/mol. The molecule has 118 valence electrons. The minimum absolute atomic E-state index is 0.292. The minimum atomic E-state index is -0.802. The molecule has 3 heteroatoms. The molecular weight excluding hydrogens is 278 g/mol. The van der Waals surface area contributed by atoms with Crippen LogP contribution in [0.25, 0.3) is 0 Å². The topological polar surface area (TPSA) is 43.1 Å². The molecule has 0 amide bonds. The molecule has 0 bridgehead atoms. The molecule has 0 aliphatic heterocycles. The van der Waals surface area contributed by atoms with Crippen LogP contribution in [0.1, 0.15) is 50.2 Å². The molecule has 4 atom stereocenters. The number of benzene rings is 1. The molecule has 1 aliphatic rings. The summed E-state index contributed by atoms with van der Waals surface area (Å²) in [6.45, 7) is 5.03. The molecule has 2 nitrogen and oxygen atoms in total. The van der Waals surface area contributed by atoms with Crippen LogP contribution in [0.2, 0.25) is 0 Å². The van der Waals surface area contributed by atoms with Crippen molar-refractivity contribution in [2.24, 2.45) is 17.6 Å². The van der Waals surface area contributed by atoms with E-state index in [1.807, 2.05) is 12.1 Å². The van der Waals surface area contributed by atoms with E-state index in [0.717, 1.165) is 18.8 Å². The molecule has 1 aromatic carbocycles. The predicted octanol–water partition coefficient (Wildman–Crippen LogP) is 3.79. The molecule has 2 N–H and O–H groups in total. The molecule has 2 rings (SSSR count). The third-order valence-electron chi connectivity index (χ3n) is 4.93. The van der Waals surface area contributed by atoms with E-state index in [-0.39, 0.29) is 0 Å². The number of hydrogen-bond acceptors (Lipinski definition) is 2. The highest BCUT2D eigenvalue weighted by molar-refractivity contribution is 7.84. The summed E-state index contributed by atoms with van der Waals surface area (Å²) in [7, 11) is -0.802. The molecule has 4 unspecified atom stereocenters. The lowest BCUT2D eigenvalue weighted by Crippen LogP contribution is -2.37. The first-order chi connectivity index (χ1) is 10.2. The van der Waals surface area contributed by atoms with E-state index in [2.05, 4.69) is 26.0 Å². The predicted molar refractivity (Wildman–Crippen MR) is 91.6 cm³/mol. The van der Waals surface area contributed by atoms with E-state index in [0.29, 0.717) is 23.5 Å². The van der Waals surface area contributed by atoms with E-state index < -0.39 is 10.8 Å². The number of hydrogen-bond donors (Lipinski definition) is 1. The van der Waals surface area contributed by atoms with Gasteiger partial charge in [-0.05, 0) is 49.3 Å². The molecule has 21 heavy (non-hydrogen) atoms. The summed E-state index contributed by atoms with van der Waals surface area (Å²) in [6.07, 6.45) is 6.04. The Morgan fingerprint density at radius 3 is 2.71 bits per heavy atom. The molecule has 0 aromatic heterocycles. The maximum absolute atomic E-state index is 12.9. The van der Waals surface area contributed by atoms with Crippen molar-refractivity contribution in [1.82, 2.24) is 0 Å². The van der Waals surface area contributed by atoms with E-state index in [1.54, 1.807) is 0 Å². The third kappa shape index (κ3) is 4.40. The van der Waals surface area contributed by atoms with Crippen LogP contribution in [-0.2, 0) is 16.6 Å². The van der Waals surface area contributed by atoms with Gasteiger partial charge in [0.05, 0.1) is 0 Å². The maximum atomic E-state index is 12.9. The number of rotatable bonds is 6. The van der Waals surface area contributed by atoms with Gasteiger partial charge in [0.1, 0.15) is 0 Å². The number of nitrogens with two attached hydrogens (primary N) is 1. The van der Waals surface area contributed by atoms with Crippen LogP contribution in [0.3, 0.4) is 0 Å². The summed E-state index contributed by atoms with van der Waals surface area (Å²) < 4.78 is 12.9. The van der Waals surface area contributed by atoms with Crippen molar-refractivity contribution in [2.45, 2.75) is 57.0 Å². The first-order valence-corrected chi connectivity index (χ1v) is 9.65. The van der Waals surface area contributed by atoms with Crippen molar-refractivity contribution in [3.63, 3.8) is 0 Å². The van der Waals surface area contributed by atoms with Crippen molar-refractivity contribution in [1.29, 1.82) is 0 Å². The fourth-order valence-electron chi connectivity index (χ4n) is 3.57. The summed E-state index contributed by atoms with van der Waals surface area (Å²) in [5.41, 5.74) is 8.41. The van der Waals surface area contributed by atoms with Crippen molar-refractivity contribution in [3.8, 4) is 0 Å². The zero-order valence-corrected chi connectivity index (χ0v) is 14.2. The SMILES string of the molecule is CCCC1CCC(CN)C(S(=O)Cc2ccccc2C)C1. The van der Waals surface area contributed by atoms with E-state index >= 15 is 0 Å². The van der Waals surface area contributed by atoms with Crippen LogP contribution in [0.4, 0.5) is 0 Å². The number of aryl methyl sites for hydroxylation is 1. The lowest BCUT2D eigenvalue weighted by atomic mass is 9.80. The Bertz CT molecular complexity index is 474. The van der Waals surface area contributed by atoms with E-state index in [9.17, 15) is 4.21 Å². The Balaban J connectivity index is 2.05. The molecule has 1 aromatic rings. The van der Waals surface area contributed by atoms with Crippen molar-refractivity contribution < 1.29 is 4.21 Å². The lowest BCUT2D eigenvalue weighted by Gasteiger charge is -2.35. The second kappa shape index (κ2) is 8.09. The van der Waals surface area contributed by atoms with Gasteiger partial charge in [0.25, 0.3) is 0 Å². The summed E-state index contributed by atoms with van der Waals surface area (Å²) in [5.74, 6) is 1.89. The van der Waals surface area contributed by atoms with Gasteiger partial charge >= 0.3 is 0 Å². The van der Waals surface area contributed by atoms with Crippen LogP contribution in [0.5, 0.6) is 0 Å². The average Bonchev–Trinajstić information content (AvgIpc) is 2.50. The van der Waals surface area contributed by atoms with E-state index in [4.69, 9.17) is 5.73 Å². The van der Waals surface area contributed by atoms with Gasteiger partial charge in [-0.2, -0.15) is 0 Å². The van der Waals surface area contributed by atoms with Crippen molar-refractivity contribution >= 4 is 10.8 Å². The quantitative estimate of drug-likeness (QED) is 0.869. The molecule has 1 aliphatic carbocycles. The zero-order chi connectivity index (χ0) is 15.2. The first kappa shape index (κ1) is 16.7. The fraction of sp³-hybridized carbons (Fsp3) is 0.667. The Hall–Kier alpha value is -0.670. The van der Waals surface area contributed by atoms with Crippen molar-refractivity contribution in [2.75, 3.05) is 6.54 Å². The van der Waals surface area contributed by atoms with Gasteiger partial charge in [-0.15, -0.1) is 0 Å². The molecule has 1 fully saturated rings. The van der Waals surface area contributed by atoms with Gasteiger partial charge in [-0.3, -0.25) is 4.21 Å². The van der Waals surface area contributed by atoms with Gasteiger partial charge in [0.15, 0.2) is 0 Å². The Kier molecular flexibility index (Phi) is 6.43. The Labute approximate surface area is 132 Å². The fourth-order valence-corrected chi connectivity index (χ4v) is 5.58. The summed E-state index contributed by atoms with van der Waals surface area (Å²) in [6, 6.07) is 8.30. The maximum Gasteiger partial charge on any atom is 0.0491 e. The smallest absolute Gasteiger partial charge is 0.0491 e. The summed E-state index contributed by atoms with van der Waals surface area (Å²) >= 11 is 0. The second-order valence-electron chi connectivity index (χ2n) is 6.45. The standard InChI is InChI=1S/C18H29NOS/c1-3-6-15-9-10-16(12-19)18(11-15)21(20)13-17-8-5-4-7-14(17)2/h4-5,7-8,15-16,18H,3,6,9-13,19H2,1-2H3. The Morgan fingerprint density at radius 1 is 1.29 bits per heavy atom. The monoisotopic (exact) mass is 307 g/mol. The highest BCUT2D eigenvalue weighted by Gasteiger charge is 2.33. The van der Waals surface area contributed by atoms with Crippen LogP contribution in [-0.4, -0.2) is 16.0 Å². The molecule has 0 heterocycles. The highest BCUT2D eigenvalue weighted by Crippen LogP contribution is 2.35. The first-order valence-electron chi connectivity index (χ1n) is 8.27. The molecular formula is C18H29NOS. The van der Waals surface area contributed by atoms with Crippen LogP contribution >= 0.6 is 0 Å². The van der Waals surface area contributed by atoms with Crippen LogP contribution in [0.15, 0.2) is 24.3 Å². The minimum Gasteiger partial charge on any atom is -0.330 e. The third-order valence-corrected chi connectivity index (χ3v) is 6.78. The summed E-state index contributed by atoms with van der Waals surface area (Å²) in [5, 5.41) is 0.292. The van der Waals surface area contributed by atoms with Gasteiger partial charge in [-0.25, -0.2) is 0 Å². The second-order valence-corrected chi connectivity index (χ2v) is 8.11. The molecule has 0 spiro atoms. The van der Waals surface area contributed by atoms with Gasteiger partial charge < -0.3 is 5.73 Å². The normalized spacial score (nSPS) is 27.5. The molecule has 1 saturated carbocycles. The van der Waals surface area contributed by atoms with Gasteiger partial charge in [0.2, 0.25) is 0 Å². The molecule has 0 saturated heterocycles. The van der Waals surface area contributed by atoms with Crippen molar-refractivity contribution in [3.05, 3.63) is 35.4 Å². The van der Waals surface area contributed by atoms with Gasteiger partial charge in [-0.1, -0.05) is 50.5 Å². The van der Waals surface area contributed by atoms with E-state index in [1.165, 1.54) is 30.4 Å². The van der Waals surface area contributed by atoms with Crippen LogP contribution < -0.4 is 5.73 Å². The molecule has 0 radical (unpaired) electrons.